The third-order valence-corrected chi connectivity index (χ3v) is 3.29. The van der Waals surface area contributed by atoms with Gasteiger partial charge in [0.25, 0.3) is 0 Å². The summed E-state index contributed by atoms with van der Waals surface area (Å²) >= 11 is 1.58. The Hall–Kier alpha value is -0.800. The normalized spacial score (nSPS) is 12.5. The van der Waals surface area contributed by atoms with E-state index in [-0.39, 0.29) is 11.9 Å². The molecule has 0 amide bonds. The lowest BCUT2D eigenvalue weighted by Gasteiger charge is -2.07. The number of Topliss-reactive ketones (excluding diaryl/α,β-unsaturated/α-hetero) is 1. The van der Waals surface area contributed by atoms with Gasteiger partial charge in [-0.15, -0.1) is 11.8 Å². The molecule has 0 radical (unpaired) electrons. The second kappa shape index (κ2) is 5.93. The number of carbonyl (C=O) groups excluding carboxylic acids is 1. The summed E-state index contributed by atoms with van der Waals surface area (Å²) in [6.07, 6.45) is 0.496. The summed E-state index contributed by atoms with van der Waals surface area (Å²) in [5, 5.41) is 9.41. The minimum atomic E-state index is -0.268. The Morgan fingerprint density at radius 3 is 2.87 bits per heavy atom. The van der Waals surface area contributed by atoms with Gasteiger partial charge in [-0.3, -0.25) is 4.79 Å². The average molecular weight is 224 g/mol. The second-order valence-electron chi connectivity index (χ2n) is 3.46. The van der Waals surface area contributed by atoms with Crippen LogP contribution in [-0.2, 0) is 0 Å². The highest BCUT2D eigenvalue weighted by atomic mass is 32.2. The van der Waals surface area contributed by atoms with E-state index in [0.29, 0.717) is 5.75 Å². The second-order valence-corrected chi connectivity index (χ2v) is 4.55. The van der Waals surface area contributed by atoms with Gasteiger partial charge in [-0.1, -0.05) is 19.1 Å². The Morgan fingerprint density at radius 1 is 1.53 bits per heavy atom. The van der Waals surface area contributed by atoms with Crippen LogP contribution in [0.2, 0.25) is 0 Å². The predicted octanol–water partition coefficient (Wildman–Crippen LogP) is 2.75. The number of aliphatic hydroxyl groups excluding tert-OH is 1. The van der Waals surface area contributed by atoms with Crippen LogP contribution < -0.4 is 0 Å². The van der Waals surface area contributed by atoms with Crippen molar-refractivity contribution < 1.29 is 9.90 Å². The molecule has 82 valence electrons. The number of benzene rings is 1. The molecule has 1 aromatic rings. The first-order valence-corrected chi connectivity index (χ1v) is 6.04. The summed E-state index contributed by atoms with van der Waals surface area (Å²) in [5.74, 6) is 0.756. The molecule has 0 bridgehead atoms. The molecule has 0 aliphatic carbocycles. The fourth-order valence-electron chi connectivity index (χ4n) is 1.12. The minimum Gasteiger partial charge on any atom is -0.392 e. The molecule has 0 spiro atoms. The van der Waals surface area contributed by atoms with E-state index >= 15 is 0 Å². The van der Waals surface area contributed by atoms with Crippen molar-refractivity contribution in [3.8, 4) is 0 Å². The first kappa shape index (κ1) is 12.3. The molecule has 1 rings (SSSR count). The standard InChI is InChI=1S/C12H16O2S/c1-3-11(14)8-15-12-6-4-5-10(7-12)9(2)13/h4-7,11,14H,3,8H2,1-2H3. The third kappa shape index (κ3) is 4.06. The molecule has 0 aromatic heterocycles. The lowest BCUT2D eigenvalue weighted by Crippen LogP contribution is -2.07. The van der Waals surface area contributed by atoms with Gasteiger partial charge in [0.2, 0.25) is 0 Å². The molecule has 1 aromatic carbocycles. The van der Waals surface area contributed by atoms with Gasteiger partial charge in [-0.25, -0.2) is 0 Å². The smallest absolute Gasteiger partial charge is 0.159 e. The summed E-state index contributed by atoms with van der Waals surface area (Å²) in [6, 6.07) is 7.51. The van der Waals surface area contributed by atoms with E-state index in [1.807, 2.05) is 31.2 Å². The molecule has 0 aliphatic rings. The Bertz CT molecular complexity index is 336. The maximum Gasteiger partial charge on any atom is 0.159 e. The lowest BCUT2D eigenvalue weighted by molar-refractivity contribution is 0.101. The van der Waals surface area contributed by atoms with Crippen molar-refractivity contribution in [1.29, 1.82) is 0 Å². The molecule has 1 N–H and O–H groups in total. The van der Waals surface area contributed by atoms with Crippen molar-refractivity contribution in [2.45, 2.75) is 31.3 Å². The monoisotopic (exact) mass is 224 g/mol. The van der Waals surface area contributed by atoms with Crippen molar-refractivity contribution in [3.63, 3.8) is 0 Å². The Balaban J connectivity index is 2.62. The number of hydrogen-bond acceptors (Lipinski definition) is 3. The Labute approximate surface area is 94.7 Å². The van der Waals surface area contributed by atoms with E-state index in [9.17, 15) is 9.90 Å². The molecule has 15 heavy (non-hydrogen) atoms. The van der Waals surface area contributed by atoms with Gasteiger partial charge >= 0.3 is 0 Å². The first-order valence-electron chi connectivity index (χ1n) is 5.05. The van der Waals surface area contributed by atoms with Crippen LogP contribution in [0.15, 0.2) is 29.2 Å². The number of hydrogen-bond donors (Lipinski definition) is 1. The highest BCUT2D eigenvalue weighted by Gasteiger charge is 2.04. The molecule has 2 nitrogen and oxygen atoms in total. The topological polar surface area (TPSA) is 37.3 Å². The van der Waals surface area contributed by atoms with Crippen molar-refractivity contribution >= 4 is 17.5 Å². The van der Waals surface area contributed by atoms with Crippen LogP contribution in [0.3, 0.4) is 0 Å². The lowest BCUT2D eigenvalue weighted by atomic mass is 10.2. The van der Waals surface area contributed by atoms with Gasteiger partial charge in [-0.05, 0) is 25.5 Å². The number of thioether (sulfide) groups is 1. The fourth-order valence-corrected chi connectivity index (χ4v) is 2.12. The molecule has 1 atom stereocenters. The zero-order valence-electron chi connectivity index (χ0n) is 9.06. The van der Waals surface area contributed by atoms with E-state index in [2.05, 4.69) is 0 Å². The fraction of sp³-hybridized carbons (Fsp3) is 0.417. The van der Waals surface area contributed by atoms with Crippen LogP contribution >= 0.6 is 11.8 Å². The maximum atomic E-state index is 11.1. The highest BCUT2D eigenvalue weighted by molar-refractivity contribution is 7.99. The summed E-state index contributed by atoms with van der Waals surface area (Å²) in [7, 11) is 0. The predicted molar refractivity (Wildman–Crippen MR) is 63.5 cm³/mol. The summed E-state index contributed by atoms with van der Waals surface area (Å²) < 4.78 is 0. The van der Waals surface area contributed by atoms with Crippen LogP contribution in [0.25, 0.3) is 0 Å². The molecule has 3 heteroatoms. The van der Waals surface area contributed by atoms with Gasteiger partial charge in [0, 0.05) is 16.2 Å². The van der Waals surface area contributed by atoms with Crippen LogP contribution in [-0.4, -0.2) is 22.7 Å². The number of carbonyl (C=O) groups is 1. The van der Waals surface area contributed by atoms with Crippen LogP contribution in [0.4, 0.5) is 0 Å². The largest absolute Gasteiger partial charge is 0.392 e. The number of ketones is 1. The maximum absolute atomic E-state index is 11.1. The van der Waals surface area contributed by atoms with Crippen molar-refractivity contribution in [2.75, 3.05) is 5.75 Å². The zero-order chi connectivity index (χ0) is 11.3. The average Bonchev–Trinajstić information content (AvgIpc) is 2.26. The quantitative estimate of drug-likeness (QED) is 0.617. The molecule has 0 saturated carbocycles. The van der Waals surface area contributed by atoms with Crippen LogP contribution in [0.5, 0.6) is 0 Å². The van der Waals surface area contributed by atoms with Gasteiger partial charge in [0.05, 0.1) is 6.10 Å². The Morgan fingerprint density at radius 2 is 2.27 bits per heavy atom. The summed E-state index contributed by atoms with van der Waals surface area (Å²) in [4.78, 5) is 12.2. The molecule has 0 heterocycles. The van der Waals surface area contributed by atoms with Gasteiger partial charge in [0.15, 0.2) is 5.78 Å². The summed E-state index contributed by atoms with van der Waals surface area (Å²) in [5.41, 5.74) is 0.728. The van der Waals surface area contributed by atoms with Crippen molar-refractivity contribution in [2.24, 2.45) is 0 Å². The van der Waals surface area contributed by atoms with Gasteiger partial charge in [-0.2, -0.15) is 0 Å². The van der Waals surface area contributed by atoms with Gasteiger partial charge < -0.3 is 5.11 Å². The molecule has 0 aliphatic heterocycles. The Kier molecular flexibility index (Phi) is 4.85. The third-order valence-electron chi connectivity index (χ3n) is 2.15. The van der Waals surface area contributed by atoms with Crippen molar-refractivity contribution in [1.82, 2.24) is 0 Å². The van der Waals surface area contributed by atoms with Crippen LogP contribution in [0, 0.1) is 0 Å². The van der Waals surface area contributed by atoms with E-state index < -0.39 is 0 Å². The molecular formula is C12H16O2S. The van der Waals surface area contributed by atoms with E-state index in [1.165, 1.54) is 0 Å². The van der Waals surface area contributed by atoms with Crippen molar-refractivity contribution in [3.05, 3.63) is 29.8 Å². The first-order chi connectivity index (χ1) is 7.13. The minimum absolute atomic E-state index is 0.0773. The SMILES string of the molecule is CCC(O)CSc1cccc(C(C)=O)c1. The zero-order valence-corrected chi connectivity index (χ0v) is 9.88. The summed E-state index contributed by atoms with van der Waals surface area (Å²) in [6.45, 7) is 3.52. The van der Waals surface area contributed by atoms with Gasteiger partial charge in [0.1, 0.15) is 0 Å². The molecule has 1 unspecified atom stereocenters. The number of rotatable bonds is 5. The highest BCUT2D eigenvalue weighted by Crippen LogP contribution is 2.20. The van der Waals surface area contributed by atoms with E-state index in [1.54, 1.807) is 18.7 Å². The molecular weight excluding hydrogens is 208 g/mol. The number of aliphatic hydroxyl groups is 1. The van der Waals surface area contributed by atoms with Crippen LogP contribution in [0.1, 0.15) is 30.6 Å². The van der Waals surface area contributed by atoms with E-state index in [4.69, 9.17) is 0 Å². The molecule has 0 fully saturated rings. The molecule has 0 saturated heterocycles. The van der Waals surface area contributed by atoms with E-state index in [0.717, 1.165) is 16.9 Å².